The van der Waals surface area contributed by atoms with Crippen molar-refractivity contribution >= 4 is 0 Å². The Morgan fingerprint density at radius 1 is 1.11 bits per heavy atom. The number of hydrogen-bond donors (Lipinski definition) is 1. The summed E-state index contributed by atoms with van der Waals surface area (Å²) in [6.45, 7) is 7.84. The van der Waals surface area contributed by atoms with E-state index in [4.69, 9.17) is 10.5 Å². The van der Waals surface area contributed by atoms with Gasteiger partial charge in [-0.1, -0.05) is 0 Å². The van der Waals surface area contributed by atoms with Crippen LogP contribution in [0.1, 0.15) is 32.1 Å². The molecule has 0 aliphatic carbocycles. The number of ether oxygens (including phenoxy) is 1. The van der Waals surface area contributed by atoms with E-state index < -0.39 is 0 Å². The summed E-state index contributed by atoms with van der Waals surface area (Å²) in [6.07, 6.45) is 6.14. The van der Waals surface area contributed by atoms with Gasteiger partial charge in [-0.05, 0) is 51.7 Å². The Morgan fingerprint density at radius 3 is 2.72 bits per heavy atom. The lowest BCUT2D eigenvalue weighted by atomic mass is 9.90. The van der Waals surface area contributed by atoms with E-state index in [-0.39, 0.29) is 5.54 Å². The van der Waals surface area contributed by atoms with Gasteiger partial charge < -0.3 is 10.5 Å². The van der Waals surface area contributed by atoms with Crippen LogP contribution < -0.4 is 5.73 Å². The predicted octanol–water partition coefficient (Wildman–Crippen LogP) is 0.664. The predicted molar refractivity (Wildman–Crippen MR) is 72.6 cm³/mol. The highest BCUT2D eigenvalue weighted by molar-refractivity contribution is 4.92. The Hall–Kier alpha value is -0.160. The molecule has 3 fully saturated rings. The minimum atomic E-state index is 0.00598. The first kappa shape index (κ1) is 12.9. The minimum absolute atomic E-state index is 0.00598. The molecule has 0 aromatic heterocycles. The van der Waals surface area contributed by atoms with Crippen molar-refractivity contribution in [2.45, 2.75) is 43.7 Å². The molecule has 3 aliphatic heterocycles. The second-order valence-electron chi connectivity index (χ2n) is 6.40. The monoisotopic (exact) mass is 253 g/mol. The summed E-state index contributed by atoms with van der Waals surface area (Å²) < 4.78 is 5.44. The second kappa shape index (κ2) is 5.45. The van der Waals surface area contributed by atoms with Crippen LogP contribution in [0.25, 0.3) is 0 Å². The number of nitrogens with zero attached hydrogens (tertiary/aromatic N) is 2. The first-order chi connectivity index (χ1) is 8.75. The van der Waals surface area contributed by atoms with Crippen LogP contribution >= 0.6 is 0 Å². The fourth-order valence-corrected chi connectivity index (χ4v) is 3.81. The summed E-state index contributed by atoms with van der Waals surface area (Å²) >= 11 is 0. The molecule has 0 saturated carbocycles. The van der Waals surface area contributed by atoms with Crippen molar-refractivity contribution in [3.05, 3.63) is 0 Å². The lowest BCUT2D eigenvalue weighted by Crippen LogP contribution is -2.54. The fraction of sp³-hybridized carbons (Fsp3) is 1.00. The quantitative estimate of drug-likeness (QED) is 0.785. The molecule has 1 atom stereocenters. The van der Waals surface area contributed by atoms with E-state index in [0.29, 0.717) is 0 Å². The average molecular weight is 253 g/mol. The van der Waals surface area contributed by atoms with Gasteiger partial charge in [-0.3, -0.25) is 9.80 Å². The van der Waals surface area contributed by atoms with Gasteiger partial charge in [0.15, 0.2) is 0 Å². The van der Waals surface area contributed by atoms with Crippen LogP contribution in [0.3, 0.4) is 0 Å². The average Bonchev–Trinajstić information content (AvgIpc) is 2.69. The van der Waals surface area contributed by atoms with E-state index in [1.165, 1.54) is 45.4 Å². The van der Waals surface area contributed by atoms with Gasteiger partial charge in [-0.15, -0.1) is 0 Å². The molecule has 4 heteroatoms. The van der Waals surface area contributed by atoms with Crippen molar-refractivity contribution in [3.63, 3.8) is 0 Å². The molecule has 0 aromatic carbocycles. The third-order valence-electron chi connectivity index (χ3n) is 4.91. The maximum absolute atomic E-state index is 6.54. The van der Waals surface area contributed by atoms with E-state index in [1.807, 2.05) is 0 Å². The van der Waals surface area contributed by atoms with Gasteiger partial charge in [0.1, 0.15) is 0 Å². The maximum atomic E-state index is 6.54. The first-order valence-electron chi connectivity index (χ1n) is 7.58. The Balaban J connectivity index is 1.58. The molecule has 104 valence electrons. The minimum Gasteiger partial charge on any atom is -0.381 e. The van der Waals surface area contributed by atoms with Crippen LogP contribution in [0.15, 0.2) is 0 Å². The molecule has 2 N–H and O–H groups in total. The molecule has 3 heterocycles. The first-order valence-corrected chi connectivity index (χ1v) is 7.58. The molecule has 18 heavy (non-hydrogen) atoms. The molecule has 4 nitrogen and oxygen atoms in total. The number of hydrogen-bond acceptors (Lipinski definition) is 4. The van der Waals surface area contributed by atoms with E-state index in [1.54, 1.807) is 0 Å². The van der Waals surface area contributed by atoms with Gasteiger partial charge in [0.2, 0.25) is 0 Å². The molecule has 3 saturated heterocycles. The Bertz CT molecular complexity index is 278. The highest BCUT2D eigenvalue weighted by Crippen LogP contribution is 2.24. The number of rotatable bonds is 2. The highest BCUT2D eigenvalue weighted by atomic mass is 16.5. The van der Waals surface area contributed by atoms with Gasteiger partial charge in [0.05, 0.1) is 0 Å². The zero-order valence-corrected chi connectivity index (χ0v) is 11.4. The van der Waals surface area contributed by atoms with Crippen molar-refractivity contribution in [1.82, 2.24) is 9.80 Å². The van der Waals surface area contributed by atoms with Crippen LogP contribution in [0.2, 0.25) is 0 Å². The summed E-state index contributed by atoms with van der Waals surface area (Å²) in [6, 6.07) is 0.802. The van der Waals surface area contributed by atoms with Gasteiger partial charge in [0, 0.05) is 37.9 Å². The summed E-state index contributed by atoms with van der Waals surface area (Å²) in [7, 11) is 0. The zero-order chi connectivity index (χ0) is 12.4. The van der Waals surface area contributed by atoms with Crippen molar-refractivity contribution < 1.29 is 4.74 Å². The van der Waals surface area contributed by atoms with E-state index in [9.17, 15) is 0 Å². The van der Waals surface area contributed by atoms with Crippen molar-refractivity contribution in [3.8, 4) is 0 Å². The summed E-state index contributed by atoms with van der Waals surface area (Å²) in [5.41, 5.74) is 6.55. The lowest BCUT2D eigenvalue weighted by molar-refractivity contribution is 0.0368. The topological polar surface area (TPSA) is 41.7 Å². The van der Waals surface area contributed by atoms with E-state index >= 15 is 0 Å². The van der Waals surface area contributed by atoms with Gasteiger partial charge >= 0.3 is 0 Å². The standard InChI is InChI=1S/C14H27N3O/c15-14(4-9-18-10-5-14)12-16-6-2-8-17-7-1-3-13(17)11-16/h13H,1-12,15H2. The van der Waals surface area contributed by atoms with Gasteiger partial charge in [-0.2, -0.15) is 0 Å². The molecular formula is C14H27N3O. The molecule has 3 aliphatic rings. The van der Waals surface area contributed by atoms with Crippen LogP contribution in [-0.4, -0.2) is 67.3 Å². The smallest absolute Gasteiger partial charge is 0.0484 e. The molecular weight excluding hydrogens is 226 g/mol. The van der Waals surface area contributed by atoms with Crippen LogP contribution in [0.4, 0.5) is 0 Å². The molecule has 1 unspecified atom stereocenters. The Kier molecular flexibility index (Phi) is 3.89. The van der Waals surface area contributed by atoms with Crippen LogP contribution in [0, 0.1) is 0 Å². The highest BCUT2D eigenvalue weighted by Gasteiger charge is 2.34. The van der Waals surface area contributed by atoms with Crippen LogP contribution in [-0.2, 0) is 4.74 Å². The normalized spacial score (nSPS) is 34.2. The van der Waals surface area contributed by atoms with E-state index in [2.05, 4.69) is 9.80 Å². The molecule has 0 amide bonds. The van der Waals surface area contributed by atoms with Crippen LogP contribution in [0.5, 0.6) is 0 Å². The SMILES string of the molecule is NC1(CN2CCCN3CCCC3C2)CCOCC1. The maximum Gasteiger partial charge on any atom is 0.0484 e. The van der Waals surface area contributed by atoms with Crippen molar-refractivity contribution in [1.29, 1.82) is 0 Å². The molecule has 0 bridgehead atoms. The second-order valence-corrected chi connectivity index (χ2v) is 6.40. The molecule has 0 spiro atoms. The molecule has 3 rings (SSSR count). The zero-order valence-electron chi connectivity index (χ0n) is 11.4. The molecule has 0 aromatic rings. The Labute approximate surface area is 110 Å². The third-order valence-corrected chi connectivity index (χ3v) is 4.91. The van der Waals surface area contributed by atoms with Crippen molar-refractivity contribution in [2.24, 2.45) is 5.73 Å². The fourth-order valence-electron chi connectivity index (χ4n) is 3.81. The number of fused-ring (bicyclic) bond motifs is 1. The van der Waals surface area contributed by atoms with Crippen molar-refractivity contribution in [2.75, 3.05) is 45.9 Å². The molecule has 0 radical (unpaired) electrons. The largest absolute Gasteiger partial charge is 0.381 e. The van der Waals surface area contributed by atoms with Gasteiger partial charge in [-0.25, -0.2) is 0 Å². The number of nitrogens with two attached hydrogens (primary N) is 1. The summed E-state index contributed by atoms with van der Waals surface area (Å²) in [4.78, 5) is 5.31. The third kappa shape index (κ3) is 2.87. The summed E-state index contributed by atoms with van der Waals surface area (Å²) in [5, 5.41) is 0. The Morgan fingerprint density at radius 2 is 1.89 bits per heavy atom. The van der Waals surface area contributed by atoms with E-state index in [0.717, 1.165) is 38.6 Å². The summed E-state index contributed by atoms with van der Waals surface area (Å²) in [5.74, 6) is 0. The lowest BCUT2D eigenvalue weighted by Gasteiger charge is -2.38. The van der Waals surface area contributed by atoms with Gasteiger partial charge in [0.25, 0.3) is 0 Å².